The molecule has 0 radical (unpaired) electrons. The summed E-state index contributed by atoms with van der Waals surface area (Å²) in [6, 6.07) is -1.13. The van der Waals surface area contributed by atoms with Gasteiger partial charge in [-0.05, 0) is 6.42 Å². The van der Waals surface area contributed by atoms with Crippen LogP contribution in [-0.4, -0.2) is 56.3 Å². The number of nitrogens with two attached hydrogens (primary N) is 1. The number of rotatable bonds is 9. The van der Waals surface area contributed by atoms with Crippen molar-refractivity contribution in [3.05, 3.63) is 0 Å². The molecule has 0 aromatic rings. The van der Waals surface area contributed by atoms with E-state index in [1.165, 1.54) is 0 Å². The molecule has 16 heavy (non-hydrogen) atoms. The summed E-state index contributed by atoms with van der Waals surface area (Å²) in [6.07, 6.45) is 1.05. The van der Waals surface area contributed by atoms with Crippen molar-refractivity contribution in [1.29, 1.82) is 5.41 Å². The second kappa shape index (κ2) is 7.31. The van der Waals surface area contributed by atoms with Gasteiger partial charge in [-0.15, -0.1) is 0 Å². The summed E-state index contributed by atoms with van der Waals surface area (Å²) in [6.45, 7) is 0.574. The first-order valence-corrected chi connectivity index (χ1v) is 6.59. The number of carboxylic acid groups (broad SMARTS) is 1. The highest BCUT2D eigenvalue weighted by Gasteiger charge is 2.17. The zero-order valence-corrected chi connectivity index (χ0v) is 9.66. The Kier molecular flexibility index (Phi) is 6.86. The molecule has 7 nitrogen and oxygen atoms in total. The van der Waals surface area contributed by atoms with Gasteiger partial charge < -0.3 is 21.6 Å². The summed E-state index contributed by atoms with van der Waals surface area (Å²) in [7, 11) is -3.27. The Labute approximate surface area is 94.5 Å². The van der Waals surface area contributed by atoms with E-state index in [-0.39, 0.29) is 24.5 Å². The van der Waals surface area contributed by atoms with Crippen LogP contribution in [0.1, 0.15) is 6.42 Å². The van der Waals surface area contributed by atoms with Crippen LogP contribution >= 0.6 is 0 Å². The van der Waals surface area contributed by atoms with Gasteiger partial charge in [0.15, 0.2) is 9.84 Å². The van der Waals surface area contributed by atoms with Gasteiger partial charge in [-0.25, -0.2) is 8.42 Å². The second-order valence-corrected chi connectivity index (χ2v) is 5.60. The number of hydrogen-bond donors (Lipinski definition) is 4. The Balaban J connectivity index is 3.87. The largest absolute Gasteiger partial charge is 0.480 e. The van der Waals surface area contributed by atoms with Crippen molar-refractivity contribution < 1.29 is 18.3 Å². The summed E-state index contributed by atoms with van der Waals surface area (Å²) in [5.74, 6) is -1.50. The summed E-state index contributed by atoms with van der Waals surface area (Å²) in [5, 5.41) is 17.9. The van der Waals surface area contributed by atoms with Gasteiger partial charge in [-0.3, -0.25) is 4.79 Å². The number of sulfone groups is 1. The van der Waals surface area contributed by atoms with E-state index in [2.05, 4.69) is 5.32 Å². The van der Waals surface area contributed by atoms with E-state index in [4.69, 9.17) is 16.2 Å². The molecule has 0 aromatic carbocycles. The lowest BCUT2D eigenvalue weighted by atomic mass is 10.2. The molecular weight excluding hydrogens is 234 g/mol. The predicted molar refractivity (Wildman–Crippen MR) is 60.5 cm³/mol. The third kappa shape index (κ3) is 7.32. The predicted octanol–water partition coefficient (Wildman–Crippen LogP) is -1.56. The van der Waals surface area contributed by atoms with E-state index in [0.29, 0.717) is 6.54 Å². The molecule has 0 amide bonds. The molecule has 1 unspecified atom stereocenters. The highest BCUT2D eigenvalue weighted by Crippen LogP contribution is 1.97. The Morgan fingerprint density at radius 1 is 1.50 bits per heavy atom. The minimum Gasteiger partial charge on any atom is -0.480 e. The van der Waals surface area contributed by atoms with Gasteiger partial charge in [-0.2, -0.15) is 0 Å². The zero-order chi connectivity index (χ0) is 12.6. The molecule has 8 heteroatoms. The van der Waals surface area contributed by atoms with E-state index in [1.54, 1.807) is 0 Å². The molecule has 0 fully saturated rings. The lowest BCUT2D eigenvalue weighted by Crippen LogP contribution is -2.33. The lowest BCUT2D eigenvalue weighted by Gasteiger charge is -2.07. The van der Waals surface area contributed by atoms with Gasteiger partial charge in [-0.1, -0.05) is 0 Å². The molecule has 0 spiro atoms. The molecule has 0 rings (SSSR count). The fraction of sp³-hybridized carbons (Fsp3) is 0.750. The monoisotopic (exact) mass is 251 g/mol. The van der Waals surface area contributed by atoms with E-state index in [0.717, 1.165) is 6.21 Å². The molecule has 94 valence electrons. The van der Waals surface area contributed by atoms with Crippen LogP contribution in [-0.2, 0) is 14.6 Å². The summed E-state index contributed by atoms with van der Waals surface area (Å²) in [5.41, 5.74) is 5.19. The zero-order valence-electron chi connectivity index (χ0n) is 8.85. The highest BCUT2D eigenvalue weighted by molar-refractivity contribution is 7.91. The van der Waals surface area contributed by atoms with E-state index >= 15 is 0 Å². The molecule has 0 aliphatic rings. The molecule has 0 saturated heterocycles. The van der Waals surface area contributed by atoms with Crippen molar-refractivity contribution in [2.24, 2.45) is 5.73 Å². The summed E-state index contributed by atoms with van der Waals surface area (Å²) < 4.78 is 22.8. The Morgan fingerprint density at radius 3 is 2.62 bits per heavy atom. The first-order chi connectivity index (χ1) is 7.39. The third-order valence-electron chi connectivity index (χ3n) is 1.89. The fourth-order valence-electron chi connectivity index (χ4n) is 0.934. The summed E-state index contributed by atoms with van der Waals surface area (Å²) in [4.78, 5) is 10.4. The SMILES string of the molecule is N=CCNCCS(=O)(=O)CCC(N)C(=O)O. The van der Waals surface area contributed by atoms with Gasteiger partial charge in [0.25, 0.3) is 0 Å². The molecule has 0 saturated carbocycles. The second-order valence-electron chi connectivity index (χ2n) is 3.29. The smallest absolute Gasteiger partial charge is 0.320 e. The average Bonchev–Trinajstić information content (AvgIpc) is 2.21. The number of carbonyl (C=O) groups is 1. The Bertz CT molecular complexity index is 328. The van der Waals surface area contributed by atoms with Crippen LogP contribution in [0.25, 0.3) is 0 Å². The standard InChI is InChI=1S/C8H17N3O4S/c9-2-3-11-4-6-16(14,15)5-1-7(10)8(12)13/h2,7,9,11H,1,3-6,10H2,(H,12,13). The minimum absolute atomic E-state index is 0.0762. The van der Waals surface area contributed by atoms with E-state index < -0.39 is 21.8 Å². The maximum Gasteiger partial charge on any atom is 0.320 e. The van der Waals surface area contributed by atoms with Gasteiger partial charge in [0, 0.05) is 19.3 Å². The topological polar surface area (TPSA) is 133 Å². The molecular formula is C8H17N3O4S. The maximum atomic E-state index is 11.4. The highest BCUT2D eigenvalue weighted by atomic mass is 32.2. The first kappa shape index (κ1) is 15.0. The quantitative estimate of drug-likeness (QED) is 0.289. The average molecular weight is 251 g/mol. The van der Waals surface area contributed by atoms with Crippen LogP contribution < -0.4 is 11.1 Å². The molecule has 0 aliphatic carbocycles. The Morgan fingerprint density at radius 2 is 2.12 bits per heavy atom. The van der Waals surface area contributed by atoms with Crippen LogP contribution in [0.2, 0.25) is 0 Å². The number of carboxylic acids is 1. The summed E-state index contributed by atoms with van der Waals surface area (Å²) >= 11 is 0. The van der Waals surface area contributed by atoms with E-state index in [1.807, 2.05) is 0 Å². The van der Waals surface area contributed by atoms with Gasteiger partial charge in [0.05, 0.1) is 11.5 Å². The van der Waals surface area contributed by atoms with Crippen molar-refractivity contribution in [2.75, 3.05) is 24.6 Å². The Hall–Kier alpha value is -0.990. The van der Waals surface area contributed by atoms with Gasteiger partial charge >= 0.3 is 5.97 Å². The first-order valence-electron chi connectivity index (χ1n) is 4.77. The van der Waals surface area contributed by atoms with Crippen LogP contribution in [0.5, 0.6) is 0 Å². The van der Waals surface area contributed by atoms with Gasteiger partial charge in [0.2, 0.25) is 0 Å². The normalized spacial score (nSPS) is 13.3. The molecule has 0 heterocycles. The molecule has 0 bridgehead atoms. The van der Waals surface area contributed by atoms with Crippen LogP contribution in [0, 0.1) is 5.41 Å². The van der Waals surface area contributed by atoms with E-state index in [9.17, 15) is 13.2 Å². The van der Waals surface area contributed by atoms with Gasteiger partial charge in [0.1, 0.15) is 6.04 Å². The maximum absolute atomic E-state index is 11.4. The van der Waals surface area contributed by atoms with Crippen LogP contribution in [0.3, 0.4) is 0 Å². The lowest BCUT2D eigenvalue weighted by molar-refractivity contribution is -0.138. The number of hydrogen-bond acceptors (Lipinski definition) is 6. The third-order valence-corrected chi connectivity index (χ3v) is 3.58. The van der Waals surface area contributed by atoms with Crippen molar-refractivity contribution in [1.82, 2.24) is 5.32 Å². The number of aliphatic carboxylic acids is 1. The van der Waals surface area contributed by atoms with Crippen molar-refractivity contribution >= 4 is 22.0 Å². The molecule has 1 atom stereocenters. The van der Waals surface area contributed by atoms with Crippen molar-refractivity contribution in [2.45, 2.75) is 12.5 Å². The number of nitrogens with one attached hydrogen (secondary N) is 2. The van der Waals surface area contributed by atoms with Crippen molar-refractivity contribution in [3.8, 4) is 0 Å². The molecule has 0 aromatic heterocycles. The van der Waals surface area contributed by atoms with Crippen molar-refractivity contribution in [3.63, 3.8) is 0 Å². The fourth-order valence-corrected chi connectivity index (χ4v) is 2.21. The van der Waals surface area contributed by atoms with Crippen LogP contribution in [0.4, 0.5) is 0 Å². The molecule has 0 aliphatic heterocycles. The minimum atomic E-state index is -3.27. The van der Waals surface area contributed by atoms with Crippen LogP contribution in [0.15, 0.2) is 0 Å². The molecule has 5 N–H and O–H groups in total.